The van der Waals surface area contributed by atoms with Gasteiger partial charge in [0.05, 0.1) is 5.69 Å². The minimum atomic E-state index is -0.915. The second-order valence-corrected chi connectivity index (χ2v) is 4.27. The van der Waals surface area contributed by atoms with E-state index in [9.17, 15) is 4.79 Å². The zero-order valence-electron chi connectivity index (χ0n) is 8.28. The number of carboxylic acids is 1. The Labute approximate surface area is 98.1 Å². The van der Waals surface area contributed by atoms with Gasteiger partial charge in [-0.3, -0.25) is 0 Å². The van der Waals surface area contributed by atoms with Gasteiger partial charge in [0.2, 0.25) is 5.01 Å². The first-order valence-corrected chi connectivity index (χ1v) is 4.89. The molecule has 14 heavy (non-hydrogen) atoms. The second-order valence-electron chi connectivity index (χ2n) is 3.18. The predicted octanol–water partition coefficient (Wildman–Crippen LogP) is 0.448. The van der Waals surface area contributed by atoms with Crippen LogP contribution in [0.5, 0.6) is 0 Å². The van der Waals surface area contributed by atoms with E-state index in [4.69, 9.17) is 5.11 Å². The van der Waals surface area contributed by atoms with Gasteiger partial charge in [0, 0.05) is 43.2 Å². The zero-order valence-corrected chi connectivity index (χ0v) is 9.10. The van der Waals surface area contributed by atoms with E-state index in [1.165, 1.54) is 11.3 Å². The van der Waals surface area contributed by atoms with Crippen molar-refractivity contribution in [1.29, 1.82) is 0 Å². The molecule has 0 bridgehead atoms. The number of aromatic carboxylic acids is 1. The molecule has 0 fully saturated rings. The van der Waals surface area contributed by atoms with Crippen molar-refractivity contribution in [3.8, 4) is 0 Å². The molecular weight excluding hydrogens is 195 g/mol. The fourth-order valence-electron chi connectivity index (χ4n) is 1.41. The van der Waals surface area contributed by atoms with E-state index < -0.39 is 5.97 Å². The second kappa shape index (κ2) is 4.45. The summed E-state index contributed by atoms with van der Waals surface area (Å²) in [5.74, 6) is -0.915. The molecule has 0 aromatic carbocycles. The summed E-state index contributed by atoms with van der Waals surface area (Å²) in [5.41, 5.74) is 0.973. The molecule has 2 heterocycles. The molecule has 1 aromatic rings. The van der Waals surface area contributed by atoms with Crippen LogP contribution in [0.15, 0.2) is 0 Å². The van der Waals surface area contributed by atoms with E-state index in [1.807, 2.05) is 7.05 Å². The van der Waals surface area contributed by atoms with Crippen molar-refractivity contribution in [2.24, 2.45) is 0 Å². The zero-order chi connectivity index (χ0) is 9.42. The van der Waals surface area contributed by atoms with Gasteiger partial charge in [-0.25, -0.2) is 9.78 Å². The molecule has 71 valence electrons. The number of carbonyl (C=O) groups is 1. The third-order valence-corrected chi connectivity index (χ3v) is 3.18. The van der Waals surface area contributed by atoms with Crippen molar-refractivity contribution in [3.63, 3.8) is 0 Å². The number of rotatable bonds is 1. The Morgan fingerprint density at radius 3 is 3.00 bits per heavy atom. The number of nitrogens with zero attached hydrogens (tertiary/aromatic N) is 2. The Morgan fingerprint density at radius 1 is 1.64 bits per heavy atom. The Hall–Kier alpha value is -0.343. The number of fused-ring (bicyclic) bond motifs is 1. The Morgan fingerprint density at radius 2 is 2.36 bits per heavy atom. The molecule has 1 aromatic heterocycles. The van der Waals surface area contributed by atoms with Crippen LogP contribution < -0.4 is 0 Å². The van der Waals surface area contributed by atoms with Crippen LogP contribution in [0, 0.1) is 0 Å². The Bertz CT molecular complexity index is 353. The van der Waals surface area contributed by atoms with Crippen LogP contribution in [-0.2, 0) is 13.0 Å². The molecule has 0 aliphatic carbocycles. The average molecular weight is 205 g/mol. The average Bonchev–Trinajstić information content (AvgIpc) is 2.46. The number of aromatic nitrogens is 1. The maximum absolute atomic E-state index is 10.6. The minimum absolute atomic E-state index is 0. The van der Waals surface area contributed by atoms with Gasteiger partial charge in [0.25, 0.3) is 0 Å². The van der Waals surface area contributed by atoms with Gasteiger partial charge < -0.3 is 10.0 Å². The molecule has 0 saturated carbocycles. The van der Waals surface area contributed by atoms with Crippen molar-refractivity contribution < 1.29 is 9.90 Å². The van der Waals surface area contributed by atoms with Crippen LogP contribution in [0.3, 0.4) is 0 Å². The summed E-state index contributed by atoms with van der Waals surface area (Å²) in [7, 11) is 2.03. The number of hydrogen-bond acceptors (Lipinski definition) is 4. The summed E-state index contributed by atoms with van der Waals surface area (Å²) < 4.78 is 0. The molecule has 0 unspecified atom stereocenters. The first-order chi connectivity index (χ1) is 6.16. The predicted molar refractivity (Wildman–Crippen MR) is 54.9 cm³/mol. The molecular formula is C8H10LiN2O2S. The van der Waals surface area contributed by atoms with Gasteiger partial charge in [-0.2, -0.15) is 0 Å². The number of likely N-dealkylation sites (N-methyl/N-ethyl adjacent to an activating group) is 1. The fraction of sp³-hybridized carbons (Fsp3) is 0.500. The maximum atomic E-state index is 10.6. The molecule has 0 amide bonds. The summed E-state index contributed by atoms with van der Waals surface area (Å²) in [6.45, 7) is 1.80. The fourth-order valence-corrected chi connectivity index (χ4v) is 2.44. The molecule has 6 heteroatoms. The standard InChI is InChI=1S/C8H10N2O2S.Li/c1-10-3-2-5-6(4-10)13-7(9-5)8(11)12;/h2-4H2,1H3,(H,11,12);. The van der Waals surface area contributed by atoms with Gasteiger partial charge in [0.1, 0.15) is 0 Å². The van der Waals surface area contributed by atoms with Crippen LogP contribution in [0.2, 0.25) is 0 Å². The summed E-state index contributed by atoms with van der Waals surface area (Å²) in [6.07, 6.45) is 0.871. The van der Waals surface area contributed by atoms with Gasteiger partial charge in [-0.05, 0) is 7.05 Å². The molecule has 1 aliphatic heterocycles. The summed E-state index contributed by atoms with van der Waals surface area (Å²) in [5, 5.41) is 8.96. The van der Waals surface area contributed by atoms with Gasteiger partial charge in [-0.1, -0.05) is 0 Å². The van der Waals surface area contributed by atoms with Crippen LogP contribution in [-0.4, -0.2) is 53.4 Å². The topological polar surface area (TPSA) is 53.4 Å². The smallest absolute Gasteiger partial charge is 0.365 e. The van der Waals surface area contributed by atoms with Crippen molar-refractivity contribution >= 4 is 36.2 Å². The van der Waals surface area contributed by atoms with E-state index in [-0.39, 0.29) is 23.9 Å². The quantitative estimate of drug-likeness (QED) is 0.676. The molecule has 1 aliphatic rings. The van der Waals surface area contributed by atoms with E-state index in [0.29, 0.717) is 0 Å². The van der Waals surface area contributed by atoms with Crippen molar-refractivity contribution in [1.82, 2.24) is 9.88 Å². The maximum Gasteiger partial charge on any atom is 0.365 e. The monoisotopic (exact) mass is 205 g/mol. The van der Waals surface area contributed by atoms with Crippen molar-refractivity contribution in [3.05, 3.63) is 15.6 Å². The Kier molecular flexibility index (Phi) is 3.73. The first-order valence-electron chi connectivity index (χ1n) is 4.07. The molecule has 0 saturated heterocycles. The first kappa shape index (κ1) is 11.7. The number of thiazole rings is 1. The normalized spacial score (nSPS) is 15.8. The van der Waals surface area contributed by atoms with Crippen molar-refractivity contribution in [2.45, 2.75) is 13.0 Å². The van der Waals surface area contributed by atoms with E-state index >= 15 is 0 Å². The van der Waals surface area contributed by atoms with Crippen LogP contribution in [0.1, 0.15) is 20.4 Å². The molecule has 0 atom stereocenters. The van der Waals surface area contributed by atoms with Gasteiger partial charge in [-0.15, -0.1) is 11.3 Å². The van der Waals surface area contributed by atoms with E-state index in [1.54, 1.807) is 0 Å². The van der Waals surface area contributed by atoms with Crippen LogP contribution in [0.25, 0.3) is 0 Å². The molecule has 0 spiro atoms. The molecule has 2 rings (SSSR count). The summed E-state index contributed by atoms with van der Waals surface area (Å²) >= 11 is 1.29. The van der Waals surface area contributed by atoms with E-state index in [2.05, 4.69) is 9.88 Å². The third-order valence-electron chi connectivity index (χ3n) is 2.11. The third kappa shape index (κ3) is 2.18. The molecule has 1 N–H and O–H groups in total. The van der Waals surface area contributed by atoms with Gasteiger partial charge in [0.15, 0.2) is 0 Å². The SMILES string of the molecule is CN1CCc2nc(C(=O)O)sc2C1.[Li]. The van der Waals surface area contributed by atoms with Crippen LogP contribution in [0.4, 0.5) is 0 Å². The van der Waals surface area contributed by atoms with Crippen molar-refractivity contribution in [2.75, 3.05) is 13.6 Å². The van der Waals surface area contributed by atoms with Crippen LogP contribution >= 0.6 is 11.3 Å². The molecule has 4 nitrogen and oxygen atoms in total. The minimum Gasteiger partial charge on any atom is -0.476 e. The largest absolute Gasteiger partial charge is 0.476 e. The summed E-state index contributed by atoms with van der Waals surface area (Å²) in [4.78, 5) is 18.0. The number of carboxylic acid groups (broad SMARTS) is 1. The van der Waals surface area contributed by atoms with Gasteiger partial charge >= 0.3 is 5.97 Å². The number of hydrogen-bond donors (Lipinski definition) is 1. The Balaban J connectivity index is 0.000000980. The molecule has 1 radical (unpaired) electrons. The summed E-state index contributed by atoms with van der Waals surface area (Å²) in [6, 6.07) is 0. The van der Waals surface area contributed by atoms with E-state index in [0.717, 1.165) is 30.1 Å².